The summed E-state index contributed by atoms with van der Waals surface area (Å²) < 4.78 is 5.70. The maximum absolute atomic E-state index is 12.5. The number of nitrogens with zero attached hydrogens (tertiary/aromatic N) is 3. The van der Waals surface area contributed by atoms with Crippen LogP contribution in [0, 0.1) is 6.92 Å². The van der Waals surface area contributed by atoms with Crippen LogP contribution in [0.3, 0.4) is 0 Å². The number of carbonyl (C=O) groups excluding carboxylic acids is 1. The molecule has 0 atom stereocenters. The lowest BCUT2D eigenvalue weighted by molar-refractivity contribution is -0.0654. The number of likely N-dealkylation sites (N-methyl/N-ethyl adjacent to an activating group) is 1. The van der Waals surface area contributed by atoms with E-state index in [4.69, 9.17) is 4.74 Å². The molecule has 2 rings (SSSR count). The van der Waals surface area contributed by atoms with Crippen LogP contribution in [-0.4, -0.2) is 72.1 Å². The molecule has 0 saturated carbocycles. The molecular formula is C15H24N4O3. The molecule has 1 amide bonds. The zero-order valence-corrected chi connectivity index (χ0v) is 13.7. The summed E-state index contributed by atoms with van der Waals surface area (Å²) in [5.74, 6) is 0.243. The van der Waals surface area contributed by atoms with Gasteiger partial charge in [-0.15, -0.1) is 0 Å². The summed E-state index contributed by atoms with van der Waals surface area (Å²) >= 11 is 0. The fourth-order valence-corrected chi connectivity index (χ4v) is 2.93. The second-order valence-corrected chi connectivity index (χ2v) is 6.13. The molecule has 1 saturated heterocycles. The van der Waals surface area contributed by atoms with E-state index in [2.05, 4.69) is 14.9 Å². The highest BCUT2D eigenvalue weighted by Gasteiger charge is 2.37. The topological polar surface area (TPSA) is 78.5 Å². The summed E-state index contributed by atoms with van der Waals surface area (Å²) in [4.78, 5) is 34.7. The highest BCUT2D eigenvalue weighted by Crippen LogP contribution is 2.27. The normalized spacial score (nSPS) is 17.8. The maximum Gasteiger partial charge on any atom is 0.263 e. The van der Waals surface area contributed by atoms with Crippen molar-refractivity contribution in [2.45, 2.75) is 25.4 Å². The molecule has 0 aliphatic carbocycles. The number of likely N-dealkylation sites (tertiary alicyclic amines) is 1. The lowest BCUT2D eigenvalue weighted by Gasteiger charge is -2.42. The van der Waals surface area contributed by atoms with Crippen LogP contribution in [0.25, 0.3) is 0 Å². The standard InChI is InChI=1S/C15H24N4O3/c1-11-16-9-12(13(20)17-11)14(21)19-7-5-15(22-4,6-8-19)10-18(2)3/h9H,5-8,10H2,1-4H3,(H,16,17,20). The number of H-pyrrole nitrogens is 1. The molecule has 1 aliphatic rings. The van der Waals surface area contributed by atoms with E-state index in [-0.39, 0.29) is 22.6 Å². The van der Waals surface area contributed by atoms with Crippen LogP contribution >= 0.6 is 0 Å². The summed E-state index contributed by atoms with van der Waals surface area (Å²) in [5.41, 5.74) is -0.504. The van der Waals surface area contributed by atoms with Crippen LogP contribution in [0.1, 0.15) is 29.0 Å². The summed E-state index contributed by atoms with van der Waals surface area (Å²) in [6.07, 6.45) is 2.86. The van der Waals surface area contributed by atoms with Crippen molar-refractivity contribution in [3.8, 4) is 0 Å². The maximum atomic E-state index is 12.5. The van der Waals surface area contributed by atoms with Gasteiger partial charge < -0.3 is 19.5 Å². The number of methoxy groups -OCH3 is 1. The van der Waals surface area contributed by atoms with Crippen LogP contribution in [0.5, 0.6) is 0 Å². The fourth-order valence-electron chi connectivity index (χ4n) is 2.93. The van der Waals surface area contributed by atoms with Crippen molar-refractivity contribution in [1.29, 1.82) is 0 Å². The van der Waals surface area contributed by atoms with Gasteiger partial charge in [0.15, 0.2) is 0 Å². The number of ether oxygens (including phenoxy) is 1. The number of aromatic nitrogens is 2. The Labute approximate surface area is 130 Å². The summed E-state index contributed by atoms with van der Waals surface area (Å²) in [5, 5.41) is 0. The average molecular weight is 308 g/mol. The number of hydrogen-bond donors (Lipinski definition) is 1. The van der Waals surface area contributed by atoms with Gasteiger partial charge >= 0.3 is 0 Å². The molecule has 1 fully saturated rings. The Hall–Kier alpha value is -1.73. The highest BCUT2D eigenvalue weighted by molar-refractivity contribution is 5.93. The number of aromatic amines is 1. The van der Waals surface area contributed by atoms with Gasteiger partial charge in [-0.25, -0.2) is 4.98 Å². The average Bonchev–Trinajstić information content (AvgIpc) is 2.46. The molecule has 7 heteroatoms. The molecule has 0 aromatic carbocycles. The van der Waals surface area contributed by atoms with Gasteiger partial charge in [0.2, 0.25) is 0 Å². The zero-order chi connectivity index (χ0) is 16.3. The van der Waals surface area contributed by atoms with Crippen LogP contribution in [0.4, 0.5) is 0 Å². The monoisotopic (exact) mass is 308 g/mol. The molecule has 122 valence electrons. The molecule has 2 heterocycles. The molecule has 1 aromatic heterocycles. The van der Waals surface area contributed by atoms with E-state index in [0.29, 0.717) is 18.9 Å². The number of rotatable bonds is 4. The summed E-state index contributed by atoms with van der Waals surface area (Å²) in [6.45, 7) is 3.66. The third-order valence-corrected chi connectivity index (χ3v) is 4.16. The minimum absolute atomic E-state index is 0.100. The molecule has 0 unspecified atom stereocenters. The van der Waals surface area contributed by atoms with E-state index in [9.17, 15) is 9.59 Å². The number of nitrogens with one attached hydrogen (secondary N) is 1. The lowest BCUT2D eigenvalue weighted by atomic mass is 9.90. The van der Waals surface area contributed by atoms with Crippen molar-refractivity contribution in [3.05, 3.63) is 27.9 Å². The van der Waals surface area contributed by atoms with Gasteiger partial charge in [0, 0.05) is 32.9 Å². The third-order valence-electron chi connectivity index (χ3n) is 4.16. The van der Waals surface area contributed by atoms with E-state index in [0.717, 1.165) is 19.4 Å². The van der Waals surface area contributed by atoms with E-state index < -0.39 is 0 Å². The van der Waals surface area contributed by atoms with E-state index in [1.54, 1.807) is 18.9 Å². The zero-order valence-electron chi connectivity index (χ0n) is 13.7. The first-order valence-corrected chi connectivity index (χ1v) is 7.42. The van der Waals surface area contributed by atoms with Crippen molar-refractivity contribution < 1.29 is 9.53 Å². The van der Waals surface area contributed by atoms with Crippen molar-refractivity contribution in [1.82, 2.24) is 19.8 Å². The number of carbonyl (C=O) groups is 1. The largest absolute Gasteiger partial charge is 0.377 e. The second-order valence-electron chi connectivity index (χ2n) is 6.13. The second kappa shape index (κ2) is 6.58. The molecule has 0 spiro atoms. The van der Waals surface area contributed by atoms with Gasteiger partial charge in [0.1, 0.15) is 11.4 Å². The van der Waals surface area contributed by atoms with Crippen LogP contribution in [0.2, 0.25) is 0 Å². The number of hydrogen-bond acceptors (Lipinski definition) is 5. The third kappa shape index (κ3) is 3.53. The van der Waals surface area contributed by atoms with Crippen molar-refractivity contribution in [3.63, 3.8) is 0 Å². The minimum atomic E-state index is -0.380. The van der Waals surface area contributed by atoms with Crippen LogP contribution < -0.4 is 5.56 Å². The molecular weight excluding hydrogens is 284 g/mol. The first kappa shape index (κ1) is 16.6. The van der Waals surface area contributed by atoms with Gasteiger partial charge in [0.05, 0.1) is 5.60 Å². The Morgan fingerprint density at radius 3 is 2.59 bits per heavy atom. The molecule has 1 aromatic rings. The molecule has 0 radical (unpaired) electrons. The van der Waals surface area contributed by atoms with Crippen molar-refractivity contribution >= 4 is 5.91 Å². The Balaban J connectivity index is 2.07. The highest BCUT2D eigenvalue weighted by atomic mass is 16.5. The molecule has 1 aliphatic heterocycles. The van der Waals surface area contributed by atoms with Crippen molar-refractivity contribution in [2.24, 2.45) is 0 Å². The predicted molar refractivity (Wildman–Crippen MR) is 83.0 cm³/mol. The lowest BCUT2D eigenvalue weighted by Crippen LogP contribution is -2.52. The van der Waals surface area contributed by atoms with Crippen LogP contribution in [-0.2, 0) is 4.74 Å². The smallest absolute Gasteiger partial charge is 0.263 e. The van der Waals surface area contributed by atoms with Gasteiger partial charge in [-0.1, -0.05) is 0 Å². The summed E-state index contributed by atoms with van der Waals surface area (Å²) in [6, 6.07) is 0. The summed E-state index contributed by atoms with van der Waals surface area (Å²) in [7, 11) is 5.74. The Bertz CT molecular complexity index is 589. The number of piperidine rings is 1. The first-order chi connectivity index (χ1) is 10.4. The van der Waals surface area contributed by atoms with E-state index in [1.807, 2.05) is 14.1 Å². The minimum Gasteiger partial charge on any atom is -0.377 e. The number of amides is 1. The molecule has 7 nitrogen and oxygen atoms in total. The SMILES string of the molecule is COC1(CN(C)C)CCN(C(=O)c2cnc(C)[nH]c2=O)CC1. The van der Waals surface area contributed by atoms with E-state index >= 15 is 0 Å². The first-order valence-electron chi connectivity index (χ1n) is 7.42. The Morgan fingerprint density at radius 2 is 2.09 bits per heavy atom. The predicted octanol–water partition coefficient (Wildman–Crippen LogP) is 0.261. The van der Waals surface area contributed by atoms with Gasteiger partial charge in [-0.2, -0.15) is 0 Å². The van der Waals surface area contributed by atoms with Gasteiger partial charge in [-0.05, 0) is 33.9 Å². The molecule has 1 N–H and O–H groups in total. The Morgan fingerprint density at radius 1 is 1.45 bits per heavy atom. The van der Waals surface area contributed by atoms with E-state index in [1.165, 1.54) is 6.20 Å². The number of aryl methyl sites for hydroxylation is 1. The van der Waals surface area contributed by atoms with Crippen molar-refractivity contribution in [2.75, 3.05) is 40.8 Å². The van der Waals surface area contributed by atoms with Gasteiger partial charge in [-0.3, -0.25) is 9.59 Å². The van der Waals surface area contributed by atoms with Gasteiger partial charge in [0.25, 0.3) is 11.5 Å². The molecule has 22 heavy (non-hydrogen) atoms. The quantitative estimate of drug-likeness (QED) is 0.863. The van der Waals surface area contributed by atoms with Crippen LogP contribution in [0.15, 0.2) is 11.0 Å². The molecule has 0 bridgehead atoms. The fraction of sp³-hybridized carbons (Fsp3) is 0.667. The Kier molecular flexibility index (Phi) is 4.97.